The molecule has 0 radical (unpaired) electrons. The van der Waals surface area contributed by atoms with E-state index >= 15 is 0 Å². The Hall–Kier alpha value is -1.04. The van der Waals surface area contributed by atoms with Crippen LogP contribution in [0.15, 0.2) is 40.2 Å². The number of ether oxygens (including phenoxy) is 2. The van der Waals surface area contributed by atoms with Crippen molar-refractivity contribution in [1.82, 2.24) is 0 Å². The molecule has 0 saturated heterocycles. The molecule has 3 nitrogen and oxygen atoms in total. The van der Waals surface area contributed by atoms with E-state index in [2.05, 4.69) is 39.6 Å². The first-order valence-corrected chi connectivity index (χ1v) is 8.08. The summed E-state index contributed by atoms with van der Waals surface area (Å²) < 4.78 is 11.7. The Balaban J connectivity index is 1.96. The van der Waals surface area contributed by atoms with Crippen molar-refractivity contribution >= 4 is 33.0 Å². The minimum Gasteiger partial charge on any atom is -0.491 e. The highest BCUT2D eigenvalue weighted by Gasteiger charge is 2.08. The Kier molecular flexibility index (Phi) is 5.88. The number of rotatable bonds is 7. The van der Waals surface area contributed by atoms with Crippen LogP contribution in [0.25, 0.3) is 0 Å². The normalized spacial score (nSPS) is 12.2. The van der Waals surface area contributed by atoms with Gasteiger partial charge in [0, 0.05) is 33.6 Å². The number of anilines is 1. The molecule has 1 heterocycles. The zero-order valence-corrected chi connectivity index (χ0v) is 14.0. The van der Waals surface area contributed by atoms with Gasteiger partial charge in [-0.1, -0.05) is 6.07 Å². The van der Waals surface area contributed by atoms with Crippen molar-refractivity contribution in [1.29, 1.82) is 0 Å². The number of benzene rings is 1. The molecule has 0 amide bonds. The average Bonchev–Trinajstić information content (AvgIpc) is 2.86. The summed E-state index contributed by atoms with van der Waals surface area (Å²) in [5.74, 6) is 0.853. The molecule has 2 rings (SSSR count). The van der Waals surface area contributed by atoms with Crippen LogP contribution in [0.1, 0.15) is 17.8 Å². The highest BCUT2D eigenvalue weighted by Crippen LogP contribution is 2.28. The summed E-state index contributed by atoms with van der Waals surface area (Å²) in [5.41, 5.74) is 1.05. The lowest BCUT2D eigenvalue weighted by atomic mass is 10.2. The second kappa shape index (κ2) is 7.67. The number of hydrogen-bond acceptors (Lipinski definition) is 4. The third-order valence-corrected chi connectivity index (χ3v) is 4.66. The summed E-state index contributed by atoms with van der Waals surface area (Å²) in [6.45, 7) is 3.31. The van der Waals surface area contributed by atoms with Crippen molar-refractivity contribution in [2.45, 2.75) is 13.0 Å². The Bertz CT molecular complexity index is 544. The molecule has 0 bridgehead atoms. The van der Waals surface area contributed by atoms with E-state index in [1.54, 1.807) is 18.4 Å². The minimum absolute atomic E-state index is 0.264. The fourth-order valence-corrected chi connectivity index (χ4v) is 3.25. The molecule has 0 aliphatic rings. The number of thiophene rings is 1. The lowest BCUT2D eigenvalue weighted by Gasteiger charge is -2.14. The van der Waals surface area contributed by atoms with Crippen molar-refractivity contribution in [3.05, 3.63) is 45.1 Å². The lowest BCUT2D eigenvalue weighted by molar-refractivity contribution is 0.146. The van der Waals surface area contributed by atoms with Gasteiger partial charge in [-0.2, -0.15) is 0 Å². The van der Waals surface area contributed by atoms with Crippen molar-refractivity contribution in [3.63, 3.8) is 0 Å². The van der Waals surface area contributed by atoms with Gasteiger partial charge in [0.2, 0.25) is 0 Å². The Morgan fingerprint density at radius 3 is 2.85 bits per heavy atom. The van der Waals surface area contributed by atoms with Crippen molar-refractivity contribution < 1.29 is 9.47 Å². The quantitative estimate of drug-likeness (QED) is 0.729. The largest absolute Gasteiger partial charge is 0.491 e. The van der Waals surface area contributed by atoms with Gasteiger partial charge >= 0.3 is 0 Å². The third kappa shape index (κ3) is 4.51. The van der Waals surface area contributed by atoms with Gasteiger partial charge in [0.25, 0.3) is 0 Å². The van der Waals surface area contributed by atoms with Gasteiger partial charge in [-0.25, -0.2) is 0 Å². The van der Waals surface area contributed by atoms with Gasteiger partial charge in [0.1, 0.15) is 12.4 Å². The summed E-state index contributed by atoms with van der Waals surface area (Å²) in [7, 11) is 1.67. The molecule has 0 fully saturated rings. The highest BCUT2D eigenvalue weighted by atomic mass is 79.9. The van der Waals surface area contributed by atoms with Gasteiger partial charge in [-0.05, 0) is 41.1 Å². The molecule has 0 aliphatic heterocycles. The summed E-state index contributed by atoms with van der Waals surface area (Å²) in [6.07, 6.45) is 0. The summed E-state index contributed by atoms with van der Waals surface area (Å²) in [4.78, 5) is 1.29. The predicted molar refractivity (Wildman–Crippen MR) is 87.9 cm³/mol. The maximum absolute atomic E-state index is 5.61. The highest BCUT2D eigenvalue weighted by molar-refractivity contribution is 9.10. The van der Waals surface area contributed by atoms with E-state index in [9.17, 15) is 0 Å². The van der Waals surface area contributed by atoms with E-state index < -0.39 is 0 Å². The minimum atomic E-state index is 0.264. The van der Waals surface area contributed by atoms with Gasteiger partial charge in [0.15, 0.2) is 0 Å². The number of hydrogen-bond donors (Lipinski definition) is 1. The van der Waals surface area contributed by atoms with Crippen molar-refractivity contribution in [2.75, 3.05) is 25.6 Å². The predicted octanol–water partition coefficient (Wildman–Crippen LogP) is 4.71. The maximum Gasteiger partial charge on any atom is 0.121 e. The van der Waals surface area contributed by atoms with Crippen molar-refractivity contribution in [2.24, 2.45) is 0 Å². The summed E-state index contributed by atoms with van der Waals surface area (Å²) in [5, 5.41) is 5.58. The smallest absolute Gasteiger partial charge is 0.121 e. The Morgan fingerprint density at radius 2 is 2.15 bits per heavy atom. The topological polar surface area (TPSA) is 30.5 Å². The van der Waals surface area contributed by atoms with E-state index in [0.717, 1.165) is 15.9 Å². The van der Waals surface area contributed by atoms with Crippen LogP contribution >= 0.6 is 27.3 Å². The summed E-state index contributed by atoms with van der Waals surface area (Å²) in [6, 6.07) is 10.4. The molecule has 108 valence electrons. The van der Waals surface area contributed by atoms with Crippen LogP contribution in [0, 0.1) is 0 Å². The molecule has 5 heteroatoms. The van der Waals surface area contributed by atoms with Crippen LogP contribution in [-0.4, -0.2) is 20.3 Å². The van der Waals surface area contributed by atoms with E-state index in [0.29, 0.717) is 13.2 Å². The fraction of sp³-hybridized carbons (Fsp3) is 0.333. The molecule has 0 saturated carbocycles. The van der Waals surface area contributed by atoms with E-state index in [1.807, 2.05) is 24.3 Å². The average molecular weight is 356 g/mol. The molecule has 0 spiro atoms. The van der Waals surface area contributed by atoms with Gasteiger partial charge < -0.3 is 14.8 Å². The molecule has 1 aromatic carbocycles. The second-order valence-corrected chi connectivity index (χ2v) is 6.26. The second-order valence-electron chi connectivity index (χ2n) is 4.40. The SMILES string of the molecule is COCCOc1cccc(NC(C)c2cc(Br)cs2)c1. The molecule has 2 aromatic rings. The molecule has 1 atom stereocenters. The van der Waals surface area contributed by atoms with Crippen LogP contribution < -0.4 is 10.1 Å². The van der Waals surface area contributed by atoms with Crippen LogP contribution in [0.4, 0.5) is 5.69 Å². The van der Waals surface area contributed by atoms with Gasteiger partial charge in [0.05, 0.1) is 12.6 Å². The van der Waals surface area contributed by atoms with Gasteiger partial charge in [-0.15, -0.1) is 11.3 Å². The lowest BCUT2D eigenvalue weighted by Crippen LogP contribution is -2.06. The summed E-state index contributed by atoms with van der Waals surface area (Å²) >= 11 is 5.22. The first-order valence-electron chi connectivity index (χ1n) is 6.41. The molecular weight excluding hydrogens is 338 g/mol. The fourth-order valence-electron chi connectivity index (χ4n) is 1.79. The van der Waals surface area contributed by atoms with Crippen LogP contribution in [0.5, 0.6) is 5.75 Å². The zero-order chi connectivity index (χ0) is 14.4. The standard InChI is InChI=1S/C15H18BrNO2S/c1-11(15-8-12(16)10-20-15)17-13-4-3-5-14(9-13)19-7-6-18-2/h3-5,8-11,17H,6-7H2,1-2H3. The molecular formula is C15H18BrNO2S. The maximum atomic E-state index is 5.61. The van der Waals surface area contributed by atoms with E-state index in [-0.39, 0.29) is 6.04 Å². The number of methoxy groups -OCH3 is 1. The monoisotopic (exact) mass is 355 g/mol. The van der Waals surface area contributed by atoms with Crippen LogP contribution in [0.3, 0.4) is 0 Å². The molecule has 0 aliphatic carbocycles. The van der Waals surface area contributed by atoms with Crippen molar-refractivity contribution in [3.8, 4) is 5.75 Å². The first-order chi connectivity index (χ1) is 9.69. The molecule has 1 N–H and O–H groups in total. The van der Waals surface area contributed by atoms with E-state index in [1.165, 1.54) is 4.88 Å². The first kappa shape index (κ1) is 15.4. The number of halogens is 1. The Labute approximate surface area is 132 Å². The van der Waals surface area contributed by atoms with Gasteiger partial charge in [-0.3, -0.25) is 0 Å². The third-order valence-electron chi connectivity index (χ3n) is 2.79. The molecule has 1 unspecified atom stereocenters. The Morgan fingerprint density at radius 1 is 1.30 bits per heavy atom. The molecule has 20 heavy (non-hydrogen) atoms. The van der Waals surface area contributed by atoms with E-state index in [4.69, 9.17) is 9.47 Å². The van der Waals surface area contributed by atoms with Crippen LogP contribution in [-0.2, 0) is 4.74 Å². The zero-order valence-electron chi connectivity index (χ0n) is 11.6. The van der Waals surface area contributed by atoms with Crippen LogP contribution in [0.2, 0.25) is 0 Å². The molecule has 1 aromatic heterocycles. The number of nitrogens with one attached hydrogen (secondary N) is 1.